The molecule has 94 valence electrons. The highest BCUT2D eigenvalue weighted by Gasteiger charge is 2.12. The molecule has 0 aliphatic rings. The second-order valence-electron chi connectivity index (χ2n) is 4.11. The van der Waals surface area contributed by atoms with Gasteiger partial charge in [-0.2, -0.15) is 0 Å². The van der Waals surface area contributed by atoms with Gasteiger partial charge in [0.2, 0.25) is 0 Å². The van der Waals surface area contributed by atoms with E-state index in [0.29, 0.717) is 11.4 Å². The van der Waals surface area contributed by atoms with Gasteiger partial charge in [-0.3, -0.25) is 0 Å². The Bertz CT molecular complexity index is 559. The molecule has 0 aromatic heterocycles. The molecule has 0 aliphatic carbocycles. The third-order valence-corrected chi connectivity index (χ3v) is 3.66. The summed E-state index contributed by atoms with van der Waals surface area (Å²) in [5.41, 5.74) is 7.90. The van der Waals surface area contributed by atoms with Gasteiger partial charge < -0.3 is 5.73 Å². The zero-order valence-corrected chi connectivity index (χ0v) is 11.9. The van der Waals surface area contributed by atoms with Gasteiger partial charge in [0.1, 0.15) is 5.82 Å². The zero-order chi connectivity index (χ0) is 13.1. The molecule has 2 N–H and O–H groups in total. The van der Waals surface area contributed by atoms with Crippen LogP contribution in [0.25, 0.3) is 0 Å². The fourth-order valence-corrected chi connectivity index (χ4v) is 2.58. The van der Waals surface area contributed by atoms with Crippen molar-refractivity contribution in [3.05, 3.63) is 68.9 Å². The van der Waals surface area contributed by atoms with E-state index in [1.807, 2.05) is 24.3 Å². The lowest BCUT2D eigenvalue weighted by atomic mass is 10.00. The first kappa shape index (κ1) is 13.5. The van der Waals surface area contributed by atoms with Crippen molar-refractivity contribution in [3.8, 4) is 0 Å². The SMILES string of the molecule is NC(Cc1cccc(Cl)c1)c1cc(F)ccc1Br. The van der Waals surface area contributed by atoms with Crippen LogP contribution in [0.3, 0.4) is 0 Å². The molecule has 0 saturated carbocycles. The summed E-state index contributed by atoms with van der Waals surface area (Å²) in [7, 11) is 0. The molecule has 0 fully saturated rings. The molecule has 0 radical (unpaired) electrons. The predicted octanol–water partition coefficient (Wildman–Crippen LogP) is 4.48. The van der Waals surface area contributed by atoms with Crippen LogP contribution in [0, 0.1) is 5.82 Å². The second kappa shape index (κ2) is 5.83. The molecule has 1 nitrogen and oxygen atoms in total. The minimum Gasteiger partial charge on any atom is -0.324 e. The number of hydrogen-bond donors (Lipinski definition) is 1. The molecule has 0 spiro atoms. The summed E-state index contributed by atoms with van der Waals surface area (Å²) in [6.45, 7) is 0. The topological polar surface area (TPSA) is 26.0 Å². The summed E-state index contributed by atoms with van der Waals surface area (Å²) in [5, 5.41) is 0.679. The minimum atomic E-state index is -0.283. The number of rotatable bonds is 3. The number of benzene rings is 2. The highest BCUT2D eigenvalue weighted by atomic mass is 79.9. The first-order valence-electron chi connectivity index (χ1n) is 5.51. The van der Waals surface area contributed by atoms with Gasteiger partial charge in [-0.1, -0.05) is 39.7 Å². The average molecular weight is 329 g/mol. The lowest BCUT2D eigenvalue weighted by Gasteiger charge is -2.14. The lowest BCUT2D eigenvalue weighted by Crippen LogP contribution is -2.14. The van der Waals surface area contributed by atoms with Gasteiger partial charge in [0.25, 0.3) is 0 Å². The molecule has 1 atom stereocenters. The molecule has 2 aromatic rings. The summed E-state index contributed by atoms with van der Waals surface area (Å²) < 4.78 is 14.0. The molecule has 4 heteroatoms. The fraction of sp³-hybridized carbons (Fsp3) is 0.143. The summed E-state index contributed by atoms with van der Waals surface area (Å²) in [4.78, 5) is 0. The van der Waals surface area contributed by atoms with Gasteiger partial charge in [0.05, 0.1) is 0 Å². The summed E-state index contributed by atoms with van der Waals surface area (Å²) >= 11 is 9.31. The van der Waals surface area contributed by atoms with Crippen LogP contribution in [0.5, 0.6) is 0 Å². The molecular weight excluding hydrogens is 317 g/mol. The molecule has 1 unspecified atom stereocenters. The standard InChI is InChI=1S/C14H12BrClFN/c15-13-5-4-11(17)8-12(13)14(18)7-9-2-1-3-10(16)6-9/h1-6,8,14H,7,18H2. The van der Waals surface area contributed by atoms with E-state index in [1.54, 1.807) is 6.07 Å². The second-order valence-corrected chi connectivity index (χ2v) is 5.40. The maximum absolute atomic E-state index is 13.2. The molecule has 18 heavy (non-hydrogen) atoms. The van der Waals surface area contributed by atoms with Crippen LogP contribution in [-0.2, 0) is 6.42 Å². The van der Waals surface area contributed by atoms with Crippen molar-refractivity contribution in [2.24, 2.45) is 5.73 Å². The Morgan fingerprint density at radius 3 is 2.72 bits per heavy atom. The van der Waals surface area contributed by atoms with Gasteiger partial charge in [-0.05, 0) is 47.9 Å². The molecule has 2 aromatic carbocycles. The predicted molar refractivity (Wildman–Crippen MR) is 76.2 cm³/mol. The Hall–Kier alpha value is -0.900. The van der Waals surface area contributed by atoms with Gasteiger partial charge in [0, 0.05) is 15.5 Å². The van der Waals surface area contributed by atoms with E-state index >= 15 is 0 Å². The number of halogens is 3. The molecule has 0 bridgehead atoms. The maximum Gasteiger partial charge on any atom is 0.123 e. The fourth-order valence-electron chi connectivity index (χ4n) is 1.83. The largest absolute Gasteiger partial charge is 0.324 e. The highest BCUT2D eigenvalue weighted by molar-refractivity contribution is 9.10. The van der Waals surface area contributed by atoms with Crippen molar-refractivity contribution < 1.29 is 4.39 Å². The third-order valence-electron chi connectivity index (χ3n) is 2.70. The summed E-state index contributed by atoms with van der Waals surface area (Å²) in [6.07, 6.45) is 0.614. The van der Waals surface area contributed by atoms with Crippen molar-refractivity contribution in [1.29, 1.82) is 0 Å². The van der Waals surface area contributed by atoms with E-state index in [1.165, 1.54) is 12.1 Å². The number of nitrogens with two attached hydrogens (primary N) is 1. The Balaban J connectivity index is 2.21. The van der Waals surface area contributed by atoms with Gasteiger partial charge in [0.15, 0.2) is 0 Å². The summed E-state index contributed by atoms with van der Waals surface area (Å²) in [5.74, 6) is -0.283. The van der Waals surface area contributed by atoms with E-state index in [2.05, 4.69) is 15.9 Å². The van der Waals surface area contributed by atoms with Crippen molar-refractivity contribution in [3.63, 3.8) is 0 Å². The van der Waals surface area contributed by atoms with Crippen LogP contribution in [0.15, 0.2) is 46.9 Å². The van der Waals surface area contributed by atoms with E-state index < -0.39 is 0 Å². The van der Waals surface area contributed by atoms with Gasteiger partial charge >= 0.3 is 0 Å². The average Bonchev–Trinajstić information content (AvgIpc) is 2.32. The van der Waals surface area contributed by atoms with E-state index in [4.69, 9.17) is 17.3 Å². The first-order valence-corrected chi connectivity index (χ1v) is 6.68. The Kier molecular flexibility index (Phi) is 4.38. The minimum absolute atomic E-state index is 0.270. The molecule has 0 heterocycles. The normalized spacial score (nSPS) is 12.4. The molecule has 0 amide bonds. The van der Waals surface area contributed by atoms with Crippen LogP contribution in [0.1, 0.15) is 17.2 Å². The molecule has 0 aliphatic heterocycles. The maximum atomic E-state index is 13.2. The van der Waals surface area contributed by atoms with Crippen molar-refractivity contribution in [1.82, 2.24) is 0 Å². The van der Waals surface area contributed by atoms with Crippen LogP contribution >= 0.6 is 27.5 Å². The van der Waals surface area contributed by atoms with Crippen LogP contribution in [-0.4, -0.2) is 0 Å². The first-order chi connectivity index (χ1) is 8.56. The zero-order valence-electron chi connectivity index (χ0n) is 9.54. The molecular formula is C14H12BrClFN. The van der Waals surface area contributed by atoms with E-state index in [0.717, 1.165) is 15.6 Å². The van der Waals surface area contributed by atoms with Crippen molar-refractivity contribution in [2.75, 3.05) is 0 Å². The van der Waals surface area contributed by atoms with Crippen molar-refractivity contribution in [2.45, 2.75) is 12.5 Å². The van der Waals surface area contributed by atoms with Crippen molar-refractivity contribution >= 4 is 27.5 Å². The van der Waals surface area contributed by atoms with E-state index in [9.17, 15) is 4.39 Å². The third kappa shape index (κ3) is 3.31. The quantitative estimate of drug-likeness (QED) is 0.883. The lowest BCUT2D eigenvalue weighted by molar-refractivity contribution is 0.617. The number of hydrogen-bond acceptors (Lipinski definition) is 1. The highest BCUT2D eigenvalue weighted by Crippen LogP contribution is 2.26. The van der Waals surface area contributed by atoms with Crippen LogP contribution in [0.2, 0.25) is 5.02 Å². The van der Waals surface area contributed by atoms with E-state index in [-0.39, 0.29) is 11.9 Å². The Morgan fingerprint density at radius 1 is 1.22 bits per heavy atom. The monoisotopic (exact) mass is 327 g/mol. The Morgan fingerprint density at radius 2 is 2.00 bits per heavy atom. The summed E-state index contributed by atoms with van der Waals surface area (Å²) in [6, 6.07) is 11.8. The molecule has 0 saturated heterocycles. The van der Waals surface area contributed by atoms with Crippen LogP contribution < -0.4 is 5.73 Å². The van der Waals surface area contributed by atoms with Gasteiger partial charge in [-0.25, -0.2) is 4.39 Å². The molecule has 2 rings (SSSR count). The van der Waals surface area contributed by atoms with Crippen LogP contribution in [0.4, 0.5) is 4.39 Å². The Labute approximate surface area is 119 Å². The smallest absolute Gasteiger partial charge is 0.123 e. The van der Waals surface area contributed by atoms with Gasteiger partial charge in [-0.15, -0.1) is 0 Å².